The van der Waals surface area contributed by atoms with Gasteiger partial charge < -0.3 is 19.7 Å². The molecule has 8 nitrogen and oxygen atoms in total. The summed E-state index contributed by atoms with van der Waals surface area (Å²) < 4.78 is 10.8. The molecule has 6 rings (SSSR count). The summed E-state index contributed by atoms with van der Waals surface area (Å²) in [7, 11) is 0. The summed E-state index contributed by atoms with van der Waals surface area (Å²) in [5.41, 5.74) is 4.03. The van der Waals surface area contributed by atoms with E-state index in [-0.39, 0.29) is 13.3 Å². The van der Waals surface area contributed by atoms with Crippen LogP contribution in [-0.2, 0) is 17.8 Å². The van der Waals surface area contributed by atoms with Crippen LogP contribution in [0.2, 0.25) is 0 Å². The molecule has 39 heavy (non-hydrogen) atoms. The molecule has 1 saturated heterocycles. The second-order valence-electron chi connectivity index (χ2n) is 10.0. The van der Waals surface area contributed by atoms with E-state index >= 15 is 0 Å². The number of piperidine rings is 1. The molecule has 8 heteroatoms. The van der Waals surface area contributed by atoms with E-state index in [4.69, 9.17) is 19.4 Å². The van der Waals surface area contributed by atoms with Crippen LogP contribution in [0.1, 0.15) is 35.6 Å². The lowest BCUT2D eigenvalue weighted by molar-refractivity contribution is -0.121. The van der Waals surface area contributed by atoms with Crippen LogP contribution in [0.25, 0.3) is 11.0 Å². The van der Waals surface area contributed by atoms with Crippen LogP contribution in [0.15, 0.2) is 72.8 Å². The number of rotatable bonds is 7. The van der Waals surface area contributed by atoms with Gasteiger partial charge in [0.1, 0.15) is 5.69 Å². The zero-order valence-electron chi connectivity index (χ0n) is 21.5. The maximum atomic E-state index is 13.3. The van der Waals surface area contributed by atoms with E-state index in [0.29, 0.717) is 34.4 Å². The normalized spacial score (nSPS) is 15.6. The molecule has 3 heterocycles. The van der Waals surface area contributed by atoms with Gasteiger partial charge in [0.05, 0.1) is 17.1 Å². The maximum absolute atomic E-state index is 13.3. The lowest BCUT2D eigenvalue weighted by Crippen LogP contribution is -2.37. The van der Waals surface area contributed by atoms with Crippen LogP contribution in [0.5, 0.6) is 11.5 Å². The summed E-state index contributed by atoms with van der Waals surface area (Å²) >= 11 is 0. The number of carbonyl (C=O) groups excluding carboxylic acids is 1. The Kier molecular flexibility index (Phi) is 6.96. The third-order valence-corrected chi connectivity index (χ3v) is 7.43. The summed E-state index contributed by atoms with van der Waals surface area (Å²) in [6.45, 7) is 2.05. The minimum Gasteiger partial charge on any atom is -0.454 e. The fraction of sp³-hybridized carbons (Fsp3) is 0.290. The zero-order chi connectivity index (χ0) is 26.6. The van der Waals surface area contributed by atoms with Crippen LogP contribution < -0.4 is 19.7 Å². The number of para-hydroxylation sites is 2. The van der Waals surface area contributed by atoms with Gasteiger partial charge in [-0.15, -0.1) is 0 Å². The predicted octanol–water partition coefficient (Wildman–Crippen LogP) is 4.74. The van der Waals surface area contributed by atoms with E-state index in [9.17, 15) is 10.1 Å². The summed E-state index contributed by atoms with van der Waals surface area (Å²) in [5.74, 6) is 1.04. The Morgan fingerprint density at radius 2 is 1.67 bits per heavy atom. The van der Waals surface area contributed by atoms with Gasteiger partial charge in [0.2, 0.25) is 12.7 Å². The summed E-state index contributed by atoms with van der Waals surface area (Å²) in [4.78, 5) is 25.2. The molecule has 1 N–H and O–H groups in total. The Labute approximate surface area is 227 Å². The fourth-order valence-electron chi connectivity index (χ4n) is 5.31. The van der Waals surface area contributed by atoms with Crippen molar-refractivity contribution in [1.29, 1.82) is 5.26 Å². The molecule has 0 saturated carbocycles. The number of ether oxygens (including phenoxy) is 2. The highest BCUT2D eigenvalue weighted by atomic mass is 16.7. The fourth-order valence-corrected chi connectivity index (χ4v) is 5.31. The standard InChI is InChI=1S/C31H29N5O3/c32-18-24(31(37)33-19-23-10-11-27-28(17-23)39-20-38-27)29-30(35-26-9-5-4-8-25(26)34-29)36-14-12-22(13-15-36)16-21-6-2-1-3-7-21/h1-11,17,22,24H,12-16,19-20H2,(H,33,37). The third kappa shape index (κ3) is 5.34. The number of anilines is 1. The highest BCUT2D eigenvalue weighted by Crippen LogP contribution is 2.33. The molecule has 1 atom stereocenters. The van der Waals surface area contributed by atoms with Crippen molar-refractivity contribution in [3.8, 4) is 17.6 Å². The van der Waals surface area contributed by atoms with Crippen molar-refractivity contribution in [3.63, 3.8) is 0 Å². The number of hydrogen-bond acceptors (Lipinski definition) is 7. The van der Waals surface area contributed by atoms with Gasteiger partial charge in [-0.1, -0.05) is 48.5 Å². The second kappa shape index (κ2) is 11.0. The number of nitriles is 1. The molecule has 2 aliphatic rings. The van der Waals surface area contributed by atoms with Crippen LogP contribution in [0.3, 0.4) is 0 Å². The highest BCUT2D eigenvalue weighted by Gasteiger charge is 2.30. The first-order valence-electron chi connectivity index (χ1n) is 13.3. The Hall–Kier alpha value is -4.64. The average Bonchev–Trinajstić information content (AvgIpc) is 3.45. The summed E-state index contributed by atoms with van der Waals surface area (Å²) in [6, 6.07) is 25.9. The lowest BCUT2D eigenvalue weighted by atomic mass is 9.90. The molecule has 1 fully saturated rings. The summed E-state index contributed by atoms with van der Waals surface area (Å²) in [6.07, 6.45) is 3.07. The first-order valence-corrected chi connectivity index (χ1v) is 13.3. The molecular formula is C31H29N5O3. The average molecular weight is 520 g/mol. The molecule has 0 aliphatic carbocycles. The van der Waals surface area contributed by atoms with Crippen molar-refractivity contribution in [2.45, 2.75) is 31.7 Å². The molecule has 2 aliphatic heterocycles. The molecule has 0 spiro atoms. The minimum atomic E-state index is -1.09. The number of carbonyl (C=O) groups is 1. The lowest BCUT2D eigenvalue weighted by Gasteiger charge is -2.34. The smallest absolute Gasteiger partial charge is 0.243 e. The van der Waals surface area contributed by atoms with Gasteiger partial charge in [0.25, 0.3) is 0 Å². The third-order valence-electron chi connectivity index (χ3n) is 7.43. The molecule has 4 aromatic rings. The SMILES string of the molecule is N#CC(C(=O)NCc1ccc2c(c1)OCO2)c1nc2ccccc2nc1N1CCC(Cc2ccccc2)CC1. The molecule has 0 radical (unpaired) electrons. The van der Waals surface area contributed by atoms with E-state index in [0.717, 1.165) is 43.4 Å². The number of hydrogen-bond donors (Lipinski definition) is 1. The van der Waals surface area contributed by atoms with Gasteiger partial charge >= 0.3 is 0 Å². The first-order chi connectivity index (χ1) is 19.2. The van der Waals surface area contributed by atoms with Crippen molar-refractivity contribution >= 4 is 22.8 Å². The quantitative estimate of drug-likeness (QED) is 0.376. The maximum Gasteiger partial charge on any atom is 0.243 e. The second-order valence-corrected chi connectivity index (χ2v) is 10.0. The number of nitrogens with zero attached hydrogens (tertiary/aromatic N) is 4. The van der Waals surface area contributed by atoms with Crippen LogP contribution >= 0.6 is 0 Å². The predicted molar refractivity (Wildman–Crippen MR) is 147 cm³/mol. The summed E-state index contributed by atoms with van der Waals surface area (Å²) in [5, 5.41) is 13.0. The van der Waals surface area contributed by atoms with E-state index in [1.54, 1.807) is 0 Å². The molecule has 196 valence electrons. The Balaban J connectivity index is 1.21. The number of amides is 1. The highest BCUT2D eigenvalue weighted by molar-refractivity contribution is 5.88. The molecule has 1 aromatic heterocycles. The van der Waals surface area contributed by atoms with Crippen molar-refractivity contribution in [3.05, 3.63) is 89.6 Å². The first kappa shape index (κ1) is 24.7. The van der Waals surface area contributed by atoms with Gasteiger partial charge in [-0.05, 0) is 60.6 Å². The van der Waals surface area contributed by atoms with Gasteiger partial charge in [0, 0.05) is 19.6 Å². The van der Waals surface area contributed by atoms with E-state index in [2.05, 4.69) is 40.6 Å². The van der Waals surface area contributed by atoms with E-state index in [1.165, 1.54) is 5.56 Å². The van der Waals surface area contributed by atoms with Gasteiger partial charge in [-0.2, -0.15) is 5.26 Å². The number of aromatic nitrogens is 2. The van der Waals surface area contributed by atoms with Crippen LogP contribution in [-0.4, -0.2) is 35.8 Å². The largest absolute Gasteiger partial charge is 0.454 e. The monoisotopic (exact) mass is 519 g/mol. The molecule has 1 amide bonds. The molecule has 0 bridgehead atoms. The number of nitrogens with one attached hydrogen (secondary N) is 1. The van der Waals surface area contributed by atoms with Gasteiger partial charge in [-0.25, -0.2) is 9.97 Å². The van der Waals surface area contributed by atoms with Crippen molar-refractivity contribution in [2.24, 2.45) is 5.92 Å². The van der Waals surface area contributed by atoms with Crippen molar-refractivity contribution in [2.75, 3.05) is 24.8 Å². The topological polar surface area (TPSA) is 100 Å². The van der Waals surface area contributed by atoms with Gasteiger partial charge in [-0.3, -0.25) is 4.79 Å². The van der Waals surface area contributed by atoms with Crippen LogP contribution in [0.4, 0.5) is 5.82 Å². The minimum absolute atomic E-state index is 0.189. The van der Waals surface area contributed by atoms with E-state index in [1.807, 2.05) is 48.5 Å². The molecule has 1 unspecified atom stereocenters. The number of benzene rings is 3. The Morgan fingerprint density at radius 3 is 2.44 bits per heavy atom. The van der Waals surface area contributed by atoms with E-state index < -0.39 is 11.8 Å². The van der Waals surface area contributed by atoms with Crippen molar-refractivity contribution in [1.82, 2.24) is 15.3 Å². The zero-order valence-corrected chi connectivity index (χ0v) is 21.5. The Morgan fingerprint density at radius 1 is 0.949 bits per heavy atom. The van der Waals surface area contributed by atoms with Crippen molar-refractivity contribution < 1.29 is 14.3 Å². The molecule has 3 aromatic carbocycles. The van der Waals surface area contributed by atoms with Crippen LogP contribution in [0, 0.1) is 17.2 Å². The molecular weight excluding hydrogens is 490 g/mol. The van der Waals surface area contributed by atoms with Gasteiger partial charge in [0.15, 0.2) is 23.2 Å². The Bertz CT molecular complexity index is 1530. The number of fused-ring (bicyclic) bond motifs is 2.